The molecular weight excluding hydrogens is 391 g/mol. The van der Waals surface area contributed by atoms with Crippen LogP contribution in [0, 0.1) is 5.82 Å². The van der Waals surface area contributed by atoms with E-state index in [1.54, 1.807) is 31.2 Å². The molecule has 2 heterocycles. The Morgan fingerprint density at radius 2 is 2.00 bits per heavy atom. The van der Waals surface area contributed by atoms with Crippen molar-refractivity contribution in [2.45, 2.75) is 18.2 Å². The number of hydrogen-bond acceptors (Lipinski definition) is 4. The van der Waals surface area contributed by atoms with Gasteiger partial charge in [0.25, 0.3) is 5.91 Å². The van der Waals surface area contributed by atoms with Crippen molar-refractivity contribution < 1.29 is 18.8 Å². The maximum Gasteiger partial charge on any atom is 0.275 e. The molecule has 8 heteroatoms. The maximum atomic E-state index is 13.6. The van der Waals surface area contributed by atoms with E-state index in [4.69, 9.17) is 11.6 Å². The van der Waals surface area contributed by atoms with Crippen LogP contribution in [0.4, 0.5) is 15.8 Å². The highest BCUT2D eigenvalue weighted by Crippen LogP contribution is 2.55. The van der Waals surface area contributed by atoms with E-state index in [0.717, 1.165) is 22.7 Å². The van der Waals surface area contributed by atoms with E-state index in [1.165, 1.54) is 17.0 Å². The van der Waals surface area contributed by atoms with Crippen LogP contribution in [-0.2, 0) is 19.3 Å². The number of halogens is 2. The van der Waals surface area contributed by atoms with Crippen molar-refractivity contribution in [3.63, 3.8) is 0 Å². The molecule has 1 fully saturated rings. The third kappa shape index (κ3) is 2.41. The minimum Gasteiger partial charge on any atom is -0.283 e. The number of para-hydroxylation sites is 1. The molecule has 27 heavy (non-hydrogen) atoms. The summed E-state index contributed by atoms with van der Waals surface area (Å²) in [5, 5.41) is -0.146. The molecule has 0 aliphatic carbocycles. The predicted octanol–water partition coefficient (Wildman–Crippen LogP) is 3.70. The summed E-state index contributed by atoms with van der Waals surface area (Å²) in [7, 11) is 0. The van der Waals surface area contributed by atoms with Crippen molar-refractivity contribution in [2.75, 3.05) is 15.6 Å². The molecule has 0 unspecified atom stereocenters. The number of carbonyl (C=O) groups is 3. The van der Waals surface area contributed by atoms with E-state index in [-0.39, 0.29) is 29.0 Å². The van der Waals surface area contributed by atoms with Crippen LogP contribution in [0.15, 0.2) is 42.5 Å². The van der Waals surface area contributed by atoms with Crippen LogP contribution in [0.25, 0.3) is 0 Å². The maximum absolute atomic E-state index is 13.6. The lowest BCUT2D eigenvalue weighted by atomic mass is 10.0. The van der Waals surface area contributed by atoms with Crippen LogP contribution < -0.4 is 9.80 Å². The van der Waals surface area contributed by atoms with Gasteiger partial charge in [0.15, 0.2) is 0 Å². The molecule has 1 spiro atoms. The number of thioether (sulfide) groups is 1. The van der Waals surface area contributed by atoms with Crippen LogP contribution >= 0.6 is 23.4 Å². The highest BCUT2D eigenvalue weighted by atomic mass is 35.5. The Balaban J connectivity index is 1.95. The van der Waals surface area contributed by atoms with E-state index >= 15 is 0 Å². The summed E-state index contributed by atoms with van der Waals surface area (Å²) >= 11 is 7.06. The van der Waals surface area contributed by atoms with Crippen LogP contribution in [0.5, 0.6) is 0 Å². The fraction of sp³-hybridized carbons (Fsp3) is 0.211. The molecule has 2 aromatic carbocycles. The van der Waals surface area contributed by atoms with Gasteiger partial charge in [0.1, 0.15) is 5.82 Å². The first-order valence-corrected chi connectivity index (χ1v) is 9.67. The van der Waals surface area contributed by atoms with E-state index in [2.05, 4.69) is 0 Å². The van der Waals surface area contributed by atoms with Crippen molar-refractivity contribution in [1.29, 1.82) is 0 Å². The molecule has 1 saturated heterocycles. The van der Waals surface area contributed by atoms with Crippen molar-refractivity contribution >= 4 is 52.5 Å². The van der Waals surface area contributed by atoms with Gasteiger partial charge in [-0.3, -0.25) is 19.3 Å². The highest BCUT2D eigenvalue weighted by Gasteiger charge is 2.62. The topological polar surface area (TPSA) is 57.7 Å². The van der Waals surface area contributed by atoms with Crippen molar-refractivity contribution in [2.24, 2.45) is 0 Å². The lowest BCUT2D eigenvalue weighted by Crippen LogP contribution is -2.50. The zero-order valence-corrected chi connectivity index (χ0v) is 15.8. The molecule has 0 bridgehead atoms. The van der Waals surface area contributed by atoms with Gasteiger partial charge in [-0.15, -0.1) is 11.8 Å². The summed E-state index contributed by atoms with van der Waals surface area (Å²) in [5.74, 6) is -1.71. The Kier molecular flexibility index (Phi) is 4.24. The van der Waals surface area contributed by atoms with Gasteiger partial charge in [0.05, 0.1) is 16.5 Å². The molecular formula is C19H14ClFN2O3S. The van der Waals surface area contributed by atoms with E-state index in [0.29, 0.717) is 16.9 Å². The quantitative estimate of drug-likeness (QED) is 0.765. The van der Waals surface area contributed by atoms with Crippen LogP contribution in [0.3, 0.4) is 0 Å². The Bertz CT molecular complexity index is 999. The number of rotatable bonds is 2. The van der Waals surface area contributed by atoms with Gasteiger partial charge in [-0.05, 0) is 24.3 Å². The van der Waals surface area contributed by atoms with Gasteiger partial charge in [0, 0.05) is 17.7 Å². The van der Waals surface area contributed by atoms with Crippen molar-refractivity contribution in [3.05, 3.63) is 58.9 Å². The fourth-order valence-corrected chi connectivity index (χ4v) is 5.03. The largest absolute Gasteiger partial charge is 0.283 e. The molecule has 2 aliphatic rings. The standard InChI is InChI=1S/C19H14ClFN2O3S/c1-2-16(24)22-15-6-4-3-5-12(15)19(18(22)26)23(17(25)10-27-19)11-7-8-14(21)13(20)9-11/h3-9H,2,10H2,1H3/t19-/m1/s1. The number of imide groups is 1. The molecule has 0 saturated carbocycles. The van der Waals surface area contributed by atoms with Gasteiger partial charge in [-0.2, -0.15) is 0 Å². The summed E-state index contributed by atoms with van der Waals surface area (Å²) in [6, 6.07) is 10.8. The van der Waals surface area contributed by atoms with Crippen LogP contribution in [-0.4, -0.2) is 23.5 Å². The molecule has 0 aromatic heterocycles. The number of nitrogens with zero attached hydrogens (tertiary/aromatic N) is 2. The van der Waals surface area contributed by atoms with Crippen molar-refractivity contribution in [3.8, 4) is 0 Å². The summed E-state index contributed by atoms with van der Waals surface area (Å²) < 4.78 is 13.6. The smallest absolute Gasteiger partial charge is 0.275 e. The number of fused-ring (bicyclic) bond motifs is 2. The number of carbonyl (C=O) groups excluding carboxylic acids is 3. The first-order chi connectivity index (χ1) is 12.9. The number of hydrogen-bond donors (Lipinski definition) is 0. The third-order valence-corrected chi connectivity index (χ3v) is 6.36. The van der Waals surface area contributed by atoms with E-state index in [1.807, 2.05) is 0 Å². The lowest BCUT2D eigenvalue weighted by Gasteiger charge is -2.33. The Morgan fingerprint density at radius 1 is 1.26 bits per heavy atom. The summed E-state index contributed by atoms with van der Waals surface area (Å²) in [6.07, 6.45) is 0.150. The molecule has 2 aliphatic heterocycles. The molecule has 2 aromatic rings. The zero-order chi connectivity index (χ0) is 19.3. The van der Waals surface area contributed by atoms with Gasteiger partial charge < -0.3 is 0 Å². The van der Waals surface area contributed by atoms with E-state index in [9.17, 15) is 18.8 Å². The second kappa shape index (κ2) is 6.35. The molecule has 3 amide bonds. The molecule has 138 valence electrons. The van der Waals surface area contributed by atoms with Gasteiger partial charge in [-0.25, -0.2) is 9.29 Å². The molecule has 5 nitrogen and oxygen atoms in total. The second-order valence-electron chi connectivity index (χ2n) is 6.17. The normalized spacial score (nSPS) is 21.3. The van der Waals surface area contributed by atoms with Crippen LogP contribution in [0.1, 0.15) is 18.9 Å². The molecule has 0 radical (unpaired) electrons. The first-order valence-electron chi connectivity index (χ1n) is 8.30. The lowest BCUT2D eigenvalue weighted by molar-refractivity contribution is -0.128. The Labute approximate surface area is 164 Å². The summed E-state index contributed by atoms with van der Waals surface area (Å²) in [5.41, 5.74) is 1.34. The Morgan fingerprint density at radius 3 is 2.70 bits per heavy atom. The summed E-state index contributed by atoms with van der Waals surface area (Å²) in [4.78, 5) is 39.7. The first kappa shape index (κ1) is 18.0. The molecule has 0 N–H and O–H groups in total. The van der Waals surface area contributed by atoms with E-state index < -0.39 is 16.6 Å². The number of benzene rings is 2. The average Bonchev–Trinajstić information content (AvgIpc) is 3.14. The van der Waals surface area contributed by atoms with Gasteiger partial charge >= 0.3 is 0 Å². The average molecular weight is 405 g/mol. The van der Waals surface area contributed by atoms with Crippen LogP contribution in [0.2, 0.25) is 5.02 Å². The van der Waals surface area contributed by atoms with Gasteiger partial charge in [-0.1, -0.05) is 36.7 Å². The fourth-order valence-electron chi connectivity index (χ4n) is 3.51. The number of anilines is 2. The minimum atomic E-state index is -1.40. The molecule has 4 rings (SSSR count). The SMILES string of the molecule is CCC(=O)N1C(=O)[C@]2(SCC(=O)N2c2ccc(F)c(Cl)c2)c2ccccc21. The zero-order valence-electron chi connectivity index (χ0n) is 14.2. The second-order valence-corrected chi connectivity index (χ2v) is 7.74. The highest BCUT2D eigenvalue weighted by molar-refractivity contribution is 8.02. The van der Waals surface area contributed by atoms with Gasteiger partial charge in [0.2, 0.25) is 16.7 Å². The third-order valence-electron chi connectivity index (χ3n) is 4.69. The molecule has 1 atom stereocenters. The summed E-state index contributed by atoms with van der Waals surface area (Å²) in [6.45, 7) is 1.67. The monoisotopic (exact) mass is 404 g/mol. The Hall–Kier alpha value is -2.38. The predicted molar refractivity (Wildman–Crippen MR) is 102 cm³/mol. The number of amides is 3. The minimum absolute atomic E-state index is 0.0588. The van der Waals surface area contributed by atoms with Crippen molar-refractivity contribution in [1.82, 2.24) is 0 Å².